The Labute approximate surface area is 185 Å². The van der Waals surface area contributed by atoms with Gasteiger partial charge in [0.05, 0.1) is 11.9 Å². The predicted molar refractivity (Wildman–Crippen MR) is 112 cm³/mol. The van der Waals surface area contributed by atoms with Gasteiger partial charge in [0, 0.05) is 23.0 Å². The number of thioether (sulfide) groups is 1. The van der Waals surface area contributed by atoms with Gasteiger partial charge in [-0.15, -0.1) is 11.8 Å². The van der Waals surface area contributed by atoms with E-state index in [1.807, 2.05) is 0 Å². The molecule has 170 valence electrons. The number of ketones is 2. The van der Waals surface area contributed by atoms with Gasteiger partial charge < -0.3 is 20.1 Å². The third kappa shape index (κ3) is 2.94. The molecule has 4 aliphatic carbocycles. The highest BCUT2D eigenvalue weighted by molar-refractivity contribution is 8.00. The SMILES string of the molecule is C[C@]12CCC(=O)C=C1C(SCC(=O)O)C[C@H]1[C@@H]3CC[C@H](C(=O)CO)[C@@]34CC(OC4O)[C@@H]12. The number of aliphatic hydroxyl groups excluding tert-OH is 2. The van der Waals surface area contributed by atoms with Crippen molar-refractivity contribution in [3.8, 4) is 0 Å². The topological polar surface area (TPSA) is 121 Å². The fourth-order valence-electron chi connectivity index (χ4n) is 8.16. The summed E-state index contributed by atoms with van der Waals surface area (Å²) in [6.07, 6.45) is 4.49. The lowest BCUT2D eigenvalue weighted by atomic mass is 9.46. The van der Waals surface area contributed by atoms with Crippen molar-refractivity contribution in [1.82, 2.24) is 0 Å². The van der Waals surface area contributed by atoms with Crippen molar-refractivity contribution in [3.05, 3.63) is 11.6 Å². The first kappa shape index (κ1) is 21.6. The van der Waals surface area contributed by atoms with Gasteiger partial charge in [-0.05, 0) is 66.9 Å². The monoisotopic (exact) mass is 450 g/mol. The van der Waals surface area contributed by atoms with E-state index in [2.05, 4.69) is 6.92 Å². The molecule has 3 N–H and O–H groups in total. The van der Waals surface area contributed by atoms with E-state index in [1.54, 1.807) is 6.08 Å². The molecule has 5 aliphatic rings. The van der Waals surface area contributed by atoms with Crippen molar-refractivity contribution in [2.24, 2.45) is 34.5 Å². The fourth-order valence-corrected chi connectivity index (χ4v) is 9.38. The number of hydrogen-bond donors (Lipinski definition) is 3. The van der Waals surface area contributed by atoms with Gasteiger partial charge in [-0.25, -0.2) is 0 Å². The number of carboxylic acid groups (broad SMARTS) is 1. The minimum atomic E-state index is -1.03. The summed E-state index contributed by atoms with van der Waals surface area (Å²) >= 11 is 1.38. The van der Waals surface area contributed by atoms with Crippen molar-refractivity contribution < 1.29 is 34.4 Å². The summed E-state index contributed by atoms with van der Waals surface area (Å²) in [4.78, 5) is 36.2. The van der Waals surface area contributed by atoms with Gasteiger partial charge in [0.1, 0.15) is 6.61 Å². The minimum Gasteiger partial charge on any atom is -0.481 e. The number of ether oxygens (including phenoxy) is 1. The molecule has 1 saturated heterocycles. The smallest absolute Gasteiger partial charge is 0.313 e. The molecule has 4 fully saturated rings. The summed E-state index contributed by atoms with van der Waals surface area (Å²) in [7, 11) is 0. The lowest BCUT2D eigenvalue weighted by molar-refractivity contribution is -0.160. The Morgan fingerprint density at radius 3 is 2.81 bits per heavy atom. The predicted octanol–water partition coefficient (Wildman–Crippen LogP) is 1.80. The van der Waals surface area contributed by atoms with E-state index in [0.29, 0.717) is 25.7 Å². The molecule has 3 unspecified atom stereocenters. The Bertz CT molecular complexity index is 855. The van der Waals surface area contributed by atoms with Crippen LogP contribution in [0.3, 0.4) is 0 Å². The van der Waals surface area contributed by atoms with E-state index in [-0.39, 0.29) is 51.8 Å². The molecular weight excluding hydrogens is 420 g/mol. The molecule has 8 heteroatoms. The van der Waals surface area contributed by atoms with E-state index in [9.17, 15) is 29.7 Å². The summed E-state index contributed by atoms with van der Waals surface area (Å²) in [6, 6.07) is 0. The molecule has 0 aromatic carbocycles. The maximum Gasteiger partial charge on any atom is 0.313 e. The molecular formula is C23H30O7S. The van der Waals surface area contributed by atoms with Crippen LogP contribution >= 0.6 is 11.8 Å². The highest BCUT2D eigenvalue weighted by Gasteiger charge is 2.72. The molecule has 0 radical (unpaired) electrons. The van der Waals surface area contributed by atoms with Crippen LogP contribution in [0.5, 0.6) is 0 Å². The van der Waals surface area contributed by atoms with Crippen molar-refractivity contribution in [2.75, 3.05) is 12.4 Å². The zero-order valence-electron chi connectivity index (χ0n) is 17.7. The highest BCUT2D eigenvalue weighted by atomic mass is 32.2. The molecule has 9 atom stereocenters. The number of hydrogen-bond acceptors (Lipinski definition) is 7. The average Bonchev–Trinajstić information content (AvgIpc) is 3.25. The Morgan fingerprint density at radius 2 is 2.10 bits per heavy atom. The number of rotatable bonds is 5. The zero-order chi connectivity index (χ0) is 22.1. The van der Waals surface area contributed by atoms with E-state index in [4.69, 9.17) is 4.74 Å². The third-order valence-electron chi connectivity index (χ3n) is 9.19. The number of carbonyl (C=O) groups is 3. The molecule has 0 amide bonds. The quantitative estimate of drug-likeness (QED) is 0.580. The van der Waals surface area contributed by atoms with Gasteiger partial charge in [0.25, 0.3) is 0 Å². The molecule has 3 saturated carbocycles. The Morgan fingerprint density at radius 1 is 1.32 bits per heavy atom. The van der Waals surface area contributed by atoms with Crippen LogP contribution in [0.15, 0.2) is 11.6 Å². The molecule has 1 spiro atoms. The zero-order valence-corrected chi connectivity index (χ0v) is 18.5. The number of carbonyl (C=O) groups excluding carboxylic acids is 2. The van der Waals surface area contributed by atoms with Crippen LogP contribution in [0.4, 0.5) is 0 Å². The van der Waals surface area contributed by atoms with Gasteiger partial charge in [0.2, 0.25) is 0 Å². The lowest BCUT2D eigenvalue weighted by Gasteiger charge is -2.59. The normalized spacial score (nSPS) is 47.9. The second-order valence-electron chi connectivity index (χ2n) is 10.3. The van der Waals surface area contributed by atoms with Gasteiger partial charge in [0.15, 0.2) is 17.9 Å². The average molecular weight is 451 g/mol. The van der Waals surface area contributed by atoms with Crippen LogP contribution in [-0.2, 0) is 19.1 Å². The van der Waals surface area contributed by atoms with Crippen molar-refractivity contribution in [2.45, 2.75) is 63.1 Å². The first-order valence-corrected chi connectivity index (χ1v) is 12.3. The van der Waals surface area contributed by atoms with Crippen LogP contribution in [0.1, 0.15) is 45.4 Å². The molecule has 0 aromatic heterocycles. The molecule has 1 aliphatic heterocycles. The summed E-state index contributed by atoms with van der Waals surface area (Å²) < 4.78 is 6.17. The first-order valence-electron chi connectivity index (χ1n) is 11.3. The summed E-state index contributed by atoms with van der Waals surface area (Å²) in [6.45, 7) is 1.66. The second kappa shape index (κ2) is 7.40. The van der Waals surface area contributed by atoms with Crippen LogP contribution in [-0.4, -0.2) is 62.9 Å². The van der Waals surface area contributed by atoms with Crippen LogP contribution in [0, 0.1) is 34.5 Å². The molecule has 7 nitrogen and oxygen atoms in total. The summed E-state index contributed by atoms with van der Waals surface area (Å²) in [5.74, 6) is -0.994. The Kier molecular flexibility index (Phi) is 5.16. The Hall–Kier alpha value is -1.22. The fraction of sp³-hybridized carbons (Fsp3) is 0.783. The Balaban J connectivity index is 1.57. The van der Waals surface area contributed by atoms with Crippen LogP contribution in [0.2, 0.25) is 0 Å². The van der Waals surface area contributed by atoms with Crippen molar-refractivity contribution >= 4 is 29.3 Å². The molecule has 2 bridgehead atoms. The third-order valence-corrected chi connectivity index (χ3v) is 10.5. The molecule has 31 heavy (non-hydrogen) atoms. The number of aliphatic carboxylic acids is 1. The maximum absolute atomic E-state index is 12.6. The number of carboxylic acids is 1. The van der Waals surface area contributed by atoms with Gasteiger partial charge in [-0.3, -0.25) is 14.4 Å². The summed E-state index contributed by atoms with van der Waals surface area (Å²) in [5.41, 5.74) is 0.0950. The van der Waals surface area contributed by atoms with E-state index >= 15 is 0 Å². The van der Waals surface area contributed by atoms with Crippen LogP contribution in [0.25, 0.3) is 0 Å². The maximum atomic E-state index is 12.6. The summed E-state index contributed by atoms with van der Waals surface area (Å²) in [5, 5.41) is 29.8. The van der Waals surface area contributed by atoms with Crippen molar-refractivity contribution in [3.63, 3.8) is 0 Å². The molecule has 5 rings (SSSR count). The minimum absolute atomic E-state index is 0.0202. The van der Waals surface area contributed by atoms with Crippen LogP contribution < -0.4 is 0 Å². The highest BCUT2D eigenvalue weighted by Crippen LogP contribution is 2.71. The lowest BCUT2D eigenvalue weighted by Crippen LogP contribution is -2.57. The standard InChI is InChI=1S/C23H30O7S/c1-22-5-4-11(25)6-15(22)18(31-10-19(27)28)7-12-13-2-3-14(16(26)9-24)23(13)8-17(20(12)22)30-21(23)29/h6,12-14,17-18,20-21,24,29H,2-5,7-10H2,1H3,(H,27,28)/t12-,13-,14+,17?,18?,20+,21?,22-,23+/m0/s1. The van der Waals surface area contributed by atoms with E-state index in [1.165, 1.54) is 11.8 Å². The van der Waals surface area contributed by atoms with E-state index in [0.717, 1.165) is 18.4 Å². The van der Waals surface area contributed by atoms with Gasteiger partial charge >= 0.3 is 5.97 Å². The van der Waals surface area contributed by atoms with Gasteiger partial charge in [-0.2, -0.15) is 0 Å². The number of aliphatic hydroxyl groups is 2. The number of fused-ring (bicyclic) bond motifs is 6. The first-order chi connectivity index (χ1) is 14.7. The van der Waals surface area contributed by atoms with E-state index < -0.39 is 30.2 Å². The second-order valence-corrected chi connectivity index (χ2v) is 11.5. The van der Waals surface area contributed by atoms with Crippen molar-refractivity contribution in [1.29, 1.82) is 0 Å². The van der Waals surface area contributed by atoms with Gasteiger partial charge in [-0.1, -0.05) is 6.92 Å². The largest absolute Gasteiger partial charge is 0.481 e. The molecule has 0 aromatic rings. The molecule has 1 heterocycles. The number of Topliss-reactive ketones (excluding diaryl/α,β-unsaturated/α-hetero) is 1.